The van der Waals surface area contributed by atoms with Crippen LogP contribution in [-0.4, -0.2) is 30.8 Å². The van der Waals surface area contributed by atoms with Crippen LogP contribution in [0.5, 0.6) is 11.5 Å². The van der Waals surface area contributed by atoms with Crippen molar-refractivity contribution in [1.29, 1.82) is 0 Å². The number of hydrogen-bond acceptors (Lipinski definition) is 4. The van der Waals surface area contributed by atoms with E-state index >= 15 is 0 Å². The molecule has 200 valence electrons. The molecule has 0 N–H and O–H groups in total. The maximum Gasteiger partial charge on any atom is 0.267 e. The van der Waals surface area contributed by atoms with Gasteiger partial charge in [0.15, 0.2) is 11.5 Å². The molecule has 1 saturated carbocycles. The number of nitrogens with zero attached hydrogens (tertiary/aromatic N) is 2. The lowest BCUT2D eigenvalue weighted by Gasteiger charge is -2.32. The van der Waals surface area contributed by atoms with E-state index in [1.807, 2.05) is 66.7 Å². The second kappa shape index (κ2) is 11.7. The van der Waals surface area contributed by atoms with Gasteiger partial charge in [0, 0.05) is 22.0 Å². The molecule has 1 aliphatic carbocycles. The third-order valence-corrected chi connectivity index (χ3v) is 7.74. The molecule has 0 spiro atoms. The molecule has 3 aromatic rings. The number of carbonyl (C=O) groups excluding carboxylic acids is 1. The average Bonchev–Trinajstić information content (AvgIpc) is 3.32. The Hall–Kier alpha value is -3.54. The third kappa shape index (κ3) is 5.90. The highest BCUT2D eigenvalue weighted by Crippen LogP contribution is 2.46. The van der Waals surface area contributed by atoms with E-state index in [9.17, 15) is 4.79 Å². The van der Waals surface area contributed by atoms with Crippen LogP contribution in [0.15, 0.2) is 83.5 Å². The number of fused-ring (bicyclic) bond motifs is 1. The van der Waals surface area contributed by atoms with Crippen LogP contribution in [0.25, 0.3) is 12.2 Å². The van der Waals surface area contributed by atoms with Gasteiger partial charge in [0.2, 0.25) is 0 Å². The van der Waals surface area contributed by atoms with Crippen molar-refractivity contribution in [3.63, 3.8) is 0 Å². The Labute approximate surface area is 239 Å². The van der Waals surface area contributed by atoms with Gasteiger partial charge in [-0.05, 0) is 89.6 Å². The molecule has 3 atom stereocenters. The van der Waals surface area contributed by atoms with Crippen molar-refractivity contribution < 1.29 is 14.3 Å². The van der Waals surface area contributed by atoms with Gasteiger partial charge in [-0.2, -0.15) is 5.10 Å². The van der Waals surface area contributed by atoms with E-state index in [4.69, 9.17) is 37.8 Å². The summed E-state index contributed by atoms with van der Waals surface area (Å²) in [6, 6.07) is 20.8. The molecule has 3 aromatic carbocycles. The highest BCUT2D eigenvalue weighted by molar-refractivity contribution is 6.30. The van der Waals surface area contributed by atoms with Crippen LogP contribution in [0, 0.1) is 11.8 Å². The maximum absolute atomic E-state index is 13.7. The van der Waals surface area contributed by atoms with Crippen molar-refractivity contribution in [2.45, 2.75) is 25.8 Å². The fourth-order valence-corrected chi connectivity index (χ4v) is 5.68. The summed E-state index contributed by atoms with van der Waals surface area (Å²) in [6.45, 7) is 2.26. The average molecular weight is 562 g/mol. The highest BCUT2D eigenvalue weighted by atomic mass is 35.5. The van der Waals surface area contributed by atoms with Crippen molar-refractivity contribution >= 4 is 47.0 Å². The van der Waals surface area contributed by atoms with E-state index in [-0.39, 0.29) is 17.9 Å². The number of benzene rings is 3. The Morgan fingerprint density at radius 2 is 1.56 bits per heavy atom. The second-order valence-corrected chi connectivity index (χ2v) is 10.9. The monoisotopic (exact) mass is 560 g/mol. The highest BCUT2D eigenvalue weighted by Gasteiger charge is 2.44. The summed E-state index contributed by atoms with van der Waals surface area (Å²) in [5, 5.41) is 7.96. The van der Waals surface area contributed by atoms with Gasteiger partial charge < -0.3 is 9.47 Å². The van der Waals surface area contributed by atoms with Crippen LogP contribution in [0.2, 0.25) is 10.0 Å². The molecule has 39 heavy (non-hydrogen) atoms. The van der Waals surface area contributed by atoms with Gasteiger partial charge in [-0.3, -0.25) is 4.79 Å². The molecule has 1 amide bonds. The normalized spacial score (nSPS) is 21.7. The Balaban J connectivity index is 1.51. The van der Waals surface area contributed by atoms with E-state index in [1.54, 1.807) is 31.4 Å². The smallest absolute Gasteiger partial charge is 0.267 e. The lowest BCUT2D eigenvalue weighted by molar-refractivity contribution is -0.128. The predicted octanol–water partition coefficient (Wildman–Crippen LogP) is 8.09. The van der Waals surface area contributed by atoms with Crippen LogP contribution >= 0.6 is 23.2 Å². The van der Waals surface area contributed by atoms with Gasteiger partial charge in [-0.1, -0.05) is 60.5 Å². The first kappa shape index (κ1) is 27.0. The predicted molar refractivity (Wildman–Crippen MR) is 158 cm³/mol. The van der Waals surface area contributed by atoms with Gasteiger partial charge in [-0.25, -0.2) is 5.01 Å². The molecule has 0 bridgehead atoms. The van der Waals surface area contributed by atoms with Crippen molar-refractivity contribution in [2.24, 2.45) is 16.9 Å². The second-order valence-electron chi connectivity index (χ2n) is 9.98. The van der Waals surface area contributed by atoms with Gasteiger partial charge in [0.1, 0.15) is 0 Å². The number of rotatable bonds is 6. The van der Waals surface area contributed by atoms with E-state index in [0.29, 0.717) is 27.5 Å². The molecular weight excluding hydrogens is 531 g/mol. The Morgan fingerprint density at radius 3 is 2.23 bits per heavy atom. The van der Waals surface area contributed by atoms with Crippen LogP contribution in [0.4, 0.5) is 0 Å². The fourth-order valence-electron chi connectivity index (χ4n) is 5.43. The van der Waals surface area contributed by atoms with E-state index < -0.39 is 0 Å². The molecule has 0 saturated heterocycles. The summed E-state index contributed by atoms with van der Waals surface area (Å²) >= 11 is 12.3. The summed E-state index contributed by atoms with van der Waals surface area (Å²) in [4.78, 5) is 13.7. The first-order chi connectivity index (χ1) is 18.9. The zero-order valence-electron chi connectivity index (χ0n) is 22.1. The number of hydrogen-bond donors (Lipinski definition) is 0. The van der Waals surface area contributed by atoms with Crippen LogP contribution in [0.3, 0.4) is 0 Å². The zero-order chi connectivity index (χ0) is 27.5. The molecule has 1 fully saturated rings. The number of halogens is 2. The molecule has 0 aromatic heterocycles. The van der Waals surface area contributed by atoms with Crippen molar-refractivity contribution in [3.05, 3.63) is 105 Å². The molecule has 1 heterocycles. The number of allylic oxidation sites excluding steroid dienone is 1. The summed E-state index contributed by atoms with van der Waals surface area (Å²) in [5.41, 5.74) is 5.02. The summed E-state index contributed by atoms with van der Waals surface area (Å²) < 4.78 is 10.7. The summed E-state index contributed by atoms with van der Waals surface area (Å²) in [7, 11) is 3.18. The Kier molecular flexibility index (Phi) is 8.10. The molecule has 2 aliphatic rings. The van der Waals surface area contributed by atoms with Crippen LogP contribution < -0.4 is 9.47 Å². The minimum atomic E-state index is -0.226. The van der Waals surface area contributed by atoms with Gasteiger partial charge in [0.05, 0.1) is 26.0 Å². The number of carbonyl (C=O) groups is 1. The topological polar surface area (TPSA) is 51.1 Å². The SMILES string of the molecule is COc1ccc(C=CC(=O)N2N=C3C(=Cc4ccc(Cl)cc4)CC(C)CC3C2c2ccc(Cl)cc2)cc1OC. The van der Waals surface area contributed by atoms with Gasteiger partial charge in [-0.15, -0.1) is 0 Å². The zero-order valence-corrected chi connectivity index (χ0v) is 23.6. The first-order valence-electron chi connectivity index (χ1n) is 12.9. The Bertz CT molecular complexity index is 1450. The largest absolute Gasteiger partial charge is 0.493 e. The van der Waals surface area contributed by atoms with Gasteiger partial charge >= 0.3 is 0 Å². The molecule has 7 heteroatoms. The minimum absolute atomic E-state index is 0.0758. The molecular formula is C32H30Cl2N2O3. The Morgan fingerprint density at radius 1 is 0.923 bits per heavy atom. The van der Waals surface area contributed by atoms with Crippen LogP contribution in [-0.2, 0) is 4.79 Å². The standard InChI is InChI=1S/C32H30Cl2N2O3/c1-20-16-24(18-21-4-10-25(33)11-5-21)31-27(17-20)32(23-8-12-26(34)13-9-23)36(35-31)30(37)15-7-22-6-14-28(38-2)29(19-22)39-3/h4-15,18-20,27,32H,16-17H2,1-3H3. The molecule has 5 nitrogen and oxygen atoms in total. The lowest BCUT2D eigenvalue weighted by Crippen LogP contribution is -2.32. The number of hydrazone groups is 1. The number of amides is 1. The lowest BCUT2D eigenvalue weighted by atomic mass is 9.73. The first-order valence-corrected chi connectivity index (χ1v) is 13.7. The molecule has 5 rings (SSSR count). The minimum Gasteiger partial charge on any atom is -0.493 e. The van der Waals surface area contributed by atoms with Crippen LogP contribution in [0.1, 0.15) is 42.5 Å². The van der Waals surface area contributed by atoms with E-state index in [0.717, 1.165) is 40.8 Å². The van der Waals surface area contributed by atoms with Crippen molar-refractivity contribution in [2.75, 3.05) is 14.2 Å². The number of methoxy groups -OCH3 is 2. The fraction of sp³-hybridized carbons (Fsp3) is 0.250. The summed E-state index contributed by atoms with van der Waals surface area (Å²) in [5.74, 6) is 1.56. The molecule has 3 unspecified atom stereocenters. The number of ether oxygens (including phenoxy) is 2. The van der Waals surface area contributed by atoms with Crippen molar-refractivity contribution in [3.8, 4) is 11.5 Å². The summed E-state index contributed by atoms with van der Waals surface area (Å²) in [6.07, 6.45) is 7.35. The molecule has 1 aliphatic heterocycles. The van der Waals surface area contributed by atoms with E-state index in [1.165, 1.54) is 0 Å². The van der Waals surface area contributed by atoms with Gasteiger partial charge in [0.25, 0.3) is 5.91 Å². The third-order valence-electron chi connectivity index (χ3n) is 7.24. The van der Waals surface area contributed by atoms with E-state index in [2.05, 4.69) is 13.0 Å². The van der Waals surface area contributed by atoms with Crippen molar-refractivity contribution in [1.82, 2.24) is 5.01 Å². The molecule has 0 radical (unpaired) electrons. The quantitative estimate of drug-likeness (QED) is 0.286. The maximum atomic E-state index is 13.7.